The van der Waals surface area contributed by atoms with Crippen molar-refractivity contribution >= 4 is 23.6 Å². The Balaban J connectivity index is 1.50. The number of carbonyl (C=O) groups is 4. The number of imide groups is 2. The minimum absolute atomic E-state index is 0.272. The largest absolute Gasteiger partial charge is 0.457 e. The Kier molecular flexibility index (Phi) is 6.30. The third-order valence-electron chi connectivity index (χ3n) is 6.19. The van der Waals surface area contributed by atoms with Gasteiger partial charge in [-0.3, -0.25) is 29.0 Å². The molecule has 0 radical (unpaired) electrons. The van der Waals surface area contributed by atoms with E-state index in [1.165, 1.54) is 9.80 Å². The molecule has 2 aromatic rings. The number of ether oxygens (including phenoxy) is 1. The van der Waals surface area contributed by atoms with Gasteiger partial charge in [0.1, 0.15) is 11.5 Å². The lowest BCUT2D eigenvalue weighted by molar-refractivity contribution is 0.0506. The molecule has 0 saturated carbocycles. The molecule has 2 aromatic carbocycles. The molecule has 0 spiro atoms. The van der Waals surface area contributed by atoms with Crippen molar-refractivity contribution in [1.29, 1.82) is 0 Å². The Morgan fingerprint density at radius 3 is 1.76 bits per heavy atom. The number of nitrogens with zero attached hydrogens (tertiary/aromatic N) is 2. The van der Waals surface area contributed by atoms with Crippen LogP contribution in [-0.2, 0) is 0 Å². The van der Waals surface area contributed by atoms with E-state index in [2.05, 4.69) is 6.92 Å². The average Bonchev–Trinajstić information content (AvgIpc) is 3.18. The number of rotatable bonds is 8. The number of amides is 4. The van der Waals surface area contributed by atoms with Crippen LogP contribution < -0.4 is 4.74 Å². The minimum Gasteiger partial charge on any atom is -0.457 e. The molecule has 0 aromatic heterocycles. The van der Waals surface area contributed by atoms with Crippen LogP contribution in [0.2, 0.25) is 0 Å². The van der Waals surface area contributed by atoms with Crippen LogP contribution in [-0.4, -0.2) is 45.5 Å². The predicted octanol–water partition coefficient (Wildman–Crippen LogP) is 5.44. The Labute approximate surface area is 199 Å². The fourth-order valence-electron chi connectivity index (χ4n) is 4.44. The van der Waals surface area contributed by atoms with Crippen LogP contribution in [0, 0.1) is 0 Å². The zero-order valence-electron chi connectivity index (χ0n) is 20.1. The van der Waals surface area contributed by atoms with E-state index in [9.17, 15) is 19.2 Å². The smallest absolute Gasteiger partial charge is 0.262 e. The van der Waals surface area contributed by atoms with Crippen LogP contribution in [0.15, 0.2) is 36.4 Å². The predicted molar refractivity (Wildman–Crippen MR) is 127 cm³/mol. The van der Waals surface area contributed by atoms with Gasteiger partial charge < -0.3 is 4.74 Å². The number of hydrogen-bond acceptors (Lipinski definition) is 5. The molecule has 7 heteroatoms. The molecule has 0 unspecified atom stereocenters. The van der Waals surface area contributed by atoms with E-state index in [0.29, 0.717) is 40.3 Å². The Hall–Kier alpha value is -3.48. The van der Waals surface area contributed by atoms with Crippen molar-refractivity contribution < 1.29 is 23.9 Å². The number of unbranched alkanes of at least 4 members (excludes halogenated alkanes) is 4. The molecular formula is C27H30N2O5. The zero-order chi connectivity index (χ0) is 24.6. The molecule has 0 fully saturated rings. The van der Waals surface area contributed by atoms with E-state index in [-0.39, 0.29) is 23.6 Å². The average molecular weight is 463 g/mol. The molecule has 2 heterocycles. The van der Waals surface area contributed by atoms with Gasteiger partial charge >= 0.3 is 0 Å². The molecule has 0 saturated heterocycles. The van der Waals surface area contributed by atoms with E-state index >= 15 is 0 Å². The fourth-order valence-corrected chi connectivity index (χ4v) is 4.44. The fraction of sp³-hybridized carbons (Fsp3) is 0.407. The highest BCUT2D eigenvalue weighted by Gasteiger charge is 2.42. The lowest BCUT2D eigenvalue weighted by atomic mass is 10.1. The Bertz CT molecular complexity index is 1180. The van der Waals surface area contributed by atoms with Gasteiger partial charge in [0, 0.05) is 12.1 Å². The van der Waals surface area contributed by atoms with Crippen molar-refractivity contribution in [3.63, 3.8) is 0 Å². The van der Waals surface area contributed by atoms with Gasteiger partial charge in [0.15, 0.2) is 0 Å². The summed E-state index contributed by atoms with van der Waals surface area (Å²) in [5.41, 5.74) is 0.697. The first-order chi connectivity index (χ1) is 16.1. The van der Waals surface area contributed by atoms with E-state index in [1.54, 1.807) is 36.4 Å². The van der Waals surface area contributed by atoms with E-state index in [1.807, 2.05) is 20.8 Å². The summed E-state index contributed by atoms with van der Waals surface area (Å²) < 4.78 is 5.91. The number of benzene rings is 2. The van der Waals surface area contributed by atoms with Gasteiger partial charge in [-0.25, -0.2) is 0 Å². The normalized spacial score (nSPS) is 15.3. The first-order valence-electron chi connectivity index (χ1n) is 11.8. The van der Waals surface area contributed by atoms with E-state index in [4.69, 9.17) is 4.74 Å². The second-order valence-electron chi connectivity index (χ2n) is 9.81. The molecule has 178 valence electrons. The first kappa shape index (κ1) is 23.7. The number of carbonyl (C=O) groups excluding carboxylic acids is 4. The topological polar surface area (TPSA) is 84.0 Å². The van der Waals surface area contributed by atoms with Crippen LogP contribution in [0.5, 0.6) is 11.5 Å². The van der Waals surface area contributed by atoms with Crippen molar-refractivity contribution in [3.05, 3.63) is 58.7 Å². The maximum Gasteiger partial charge on any atom is 0.262 e. The SMILES string of the molecule is CCCCCCCN1C(=O)c2ccc(Oc3ccc4c(c3)C(=O)N(C(C)(C)C)C4=O)cc2C1=O. The van der Waals surface area contributed by atoms with E-state index < -0.39 is 5.54 Å². The monoisotopic (exact) mass is 462 g/mol. The third-order valence-corrected chi connectivity index (χ3v) is 6.19. The van der Waals surface area contributed by atoms with Crippen LogP contribution >= 0.6 is 0 Å². The van der Waals surface area contributed by atoms with Gasteiger partial charge in [0.05, 0.1) is 22.3 Å². The van der Waals surface area contributed by atoms with Crippen molar-refractivity contribution in [2.75, 3.05) is 6.54 Å². The second-order valence-corrected chi connectivity index (χ2v) is 9.81. The standard InChI is InChI=1S/C27H30N2O5/c1-5-6-7-8-9-14-28-23(30)19-12-10-17(15-21(19)24(28)31)34-18-11-13-20-22(16-18)26(33)29(25(20)32)27(2,3)4/h10-13,15-16H,5-9,14H2,1-4H3. The van der Waals surface area contributed by atoms with Gasteiger partial charge in [0.2, 0.25) is 0 Å². The lowest BCUT2D eigenvalue weighted by Crippen LogP contribution is -2.45. The molecule has 2 aliphatic heterocycles. The summed E-state index contributed by atoms with van der Waals surface area (Å²) in [5.74, 6) is -0.505. The van der Waals surface area contributed by atoms with Crippen LogP contribution in [0.25, 0.3) is 0 Å². The second kappa shape index (κ2) is 9.05. The Morgan fingerprint density at radius 1 is 0.676 bits per heavy atom. The molecule has 0 atom stereocenters. The molecular weight excluding hydrogens is 432 g/mol. The summed E-state index contributed by atoms with van der Waals surface area (Å²) in [6.07, 6.45) is 5.17. The molecule has 4 amide bonds. The van der Waals surface area contributed by atoms with Crippen LogP contribution in [0.1, 0.15) is 101 Å². The maximum atomic E-state index is 12.9. The molecule has 7 nitrogen and oxygen atoms in total. The van der Waals surface area contributed by atoms with Crippen LogP contribution in [0.4, 0.5) is 0 Å². The van der Waals surface area contributed by atoms with E-state index in [0.717, 1.165) is 32.1 Å². The van der Waals surface area contributed by atoms with Gasteiger partial charge in [-0.05, 0) is 63.6 Å². The first-order valence-corrected chi connectivity index (χ1v) is 11.8. The summed E-state index contributed by atoms with van der Waals surface area (Å²) in [5, 5.41) is 0. The van der Waals surface area contributed by atoms with Crippen molar-refractivity contribution in [3.8, 4) is 11.5 Å². The molecule has 34 heavy (non-hydrogen) atoms. The van der Waals surface area contributed by atoms with Crippen molar-refractivity contribution in [1.82, 2.24) is 9.80 Å². The molecule has 4 rings (SSSR count). The number of fused-ring (bicyclic) bond motifs is 2. The summed E-state index contributed by atoms with van der Waals surface area (Å²) in [7, 11) is 0. The van der Waals surface area contributed by atoms with Crippen molar-refractivity contribution in [2.45, 2.75) is 65.3 Å². The molecule has 0 aliphatic carbocycles. The maximum absolute atomic E-state index is 12.9. The highest BCUT2D eigenvalue weighted by Crippen LogP contribution is 2.34. The highest BCUT2D eigenvalue weighted by molar-refractivity contribution is 6.22. The zero-order valence-corrected chi connectivity index (χ0v) is 20.1. The lowest BCUT2D eigenvalue weighted by Gasteiger charge is -2.29. The number of hydrogen-bond donors (Lipinski definition) is 0. The quantitative estimate of drug-likeness (QED) is 0.385. The van der Waals surface area contributed by atoms with Crippen LogP contribution in [0.3, 0.4) is 0 Å². The van der Waals surface area contributed by atoms with Crippen molar-refractivity contribution in [2.24, 2.45) is 0 Å². The third kappa shape index (κ3) is 4.22. The summed E-state index contributed by atoms with van der Waals surface area (Å²) >= 11 is 0. The summed E-state index contributed by atoms with van der Waals surface area (Å²) in [6, 6.07) is 9.55. The highest BCUT2D eigenvalue weighted by atomic mass is 16.5. The Morgan fingerprint density at radius 2 is 1.18 bits per heavy atom. The van der Waals surface area contributed by atoms with Gasteiger partial charge in [0.25, 0.3) is 23.6 Å². The van der Waals surface area contributed by atoms with Gasteiger partial charge in [-0.15, -0.1) is 0 Å². The summed E-state index contributed by atoms with van der Waals surface area (Å²) in [6.45, 7) is 7.98. The molecule has 2 aliphatic rings. The minimum atomic E-state index is -0.636. The van der Waals surface area contributed by atoms with Gasteiger partial charge in [-0.2, -0.15) is 0 Å². The summed E-state index contributed by atoms with van der Waals surface area (Å²) in [4.78, 5) is 53.6. The van der Waals surface area contributed by atoms with Gasteiger partial charge in [-0.1, -0.05) is 32.6 Å². The molecule has 0 bridgehead atoms. The molecule has 0 N–H and O–H groups in total.